The first kappa shape index (κ1) is 19.3. The Kier molecular flexibility index (Phi) is 8.84. The molecule has 0 aliphatic heterocycles. The summed E-state index contributed by atoms with van der Waals surface area (Å²) in [5.41, 5.74) is 4.55. The van der Waals surface area contributed by atoms with Crippen LogP contribution in [-0.2, 0) is 18.1 Å². The monoisotopic (exact) mass is 439 g/mol. The summed E-state index contributed by atoms with van der Waals surface area (Å²) < 4.78 is 3.98. The van der Waals surface area contributed by atoms with Crippen LogP contribution in [0.5, 0.6) is 0 Å². The van der Waals surface area contributed by atoms with Crippen molar-refractivity contribution in [2.24, 2.45) is 0 Å². The molecule has 0 bridgehead atoms. The first-order chi connectivity index (χ1) is 12.3. The van der Waals surface area contributed by atoms with Crippen molar-refractivity contribution in [2.75, 3.05) is 0 Å². The fraction of sp³-hybridized carbons (Fsp3) is 0.136. The molecule has 3 heteroatoms. The summed E-state index contributed by atoms with van der Waals surface area (Å²) in [6.07, 6.45) is 0. The molecule has 1 radical (unpaired) electrons. The average molecular weight is 438 g/mol. The van der Waals surface area contributed by atoms with Crippen LogP contribution in [0.3, 0.4) is 0 Å². The van der Waals surface area contributed by atoms with Gasteiger partial charge in [0, 0.05) is 0 Å². The Labute approximate surface area is 156 Å². The number of carboxylic acid groups (broad SMARTS) is 1. The SMILES string of the molecule is O=CO.c1ccc([CH2][Sn]([CH2]c2ccccc2)[CH2]c2ccccc2)cc1. The van der Waals surface area contributed by atoms with E-state index in [1.165, 1.54) is 30.0 Å². The standard InChI is InChI=1S/3C7H7.CH2O2.Sn/c3*1-7-5-3-2-4-6-7;2-1-3;/h3*2-6H,1H2;1H,(H,2,3);. The molecule has 1 N–H and O–H groups in total. The molecule has 0 aromatic heterocycles. The summed E-state index contributed by atoms with van der Waals surface area (Å²) in [7, 11) is 0. The third-order valence-electron chi connectivity index (χ3n) is 3.89. The number of carbonyl (C=O) groups is 1. The van der Waals surface area contributed by atoms with Crippen molar-refractivity contribution in [2.45, 2.75) is 13.3 Å². The molecular formula is C22H23O2Sn. The van der Waals surface area contributed by atoms with E-state index < -0.39 is 19.8 Å². The van der Waals surface area contributed by atoms with Crippen molar-refractivity contribution in [3.8, 4) is 0 Å². The average Bonchev–Trinajstić information content (AvgIpc) is 2.65. The number of hydrogen-bond donors (Lipinski definition) is 1. The Morgan fingerprint density at radius 2 is 0.840 bits per heavy atom. The predicted molar refractivity (Wildman–Crippen MR) is 105 cm³/mol. The van der Waals surface area contributed by atoms with E-state index in [-0.39, 0.29) is 6.47 Å². The van der Waals surface area contributed by atoms with Crippen molar-refractivity contribution < 1.29 is 9.90 Å². The summed E-state index contributed by atoms with van der Waals surface area (Å²) >= 11 is -1.56. The van der Waals surface area contributed by atoms with Crippen molar-refractivity contribution in [3.63, 3.8) is 0 Å². The van der Waals surface area contributed by atoms with E-state index in [1.54, 1.807) is 0 Å². The summed E-state index contributed by atoms with van der Waals surface area (Å²) in [4.78, 5) is 8.36. The zero-order chi connectivity index (χ0) is 17.7. The third-order valence-corrected chi connectivity index (χ3v) is 11.7. The van der Waals surface area contributed by atoms with Crippen LogP contribution in [0.25, 0.3) is 0 Å². The van der Waals surface area contributed by atoms with E-state index >= 15 is 0 Å². The number of hydrogen-bond acceptors (Lipinski definition) is 1. The predicted octanol–water partition coefficient (Wildman–Crippen LogP) is 4.53. The maximum atomic E-state index is 8.36. The normalized spacial score (nSPS) is 9.96. The molecule has 127 valence electrons. The van der Waals surface area contributed by atoms with Crippen molar-refractivity contribution in [1.29, 1.82) is 0 Å². The molecule has 0 fully saturated rings. The van der Waals surface area contributed by atoms with E-state index in [9.17, 15) is 0 Å². The fourth-order valence-corrected chi connectivity index (χ4v) is 10.9. The van der Waals surface area contributed by atoms with Gasteiger partial charge in [-0.15, -0.1) is 0 Å². The first-order valence-electron chi connectivity index (χ1n) is 8.35. The van der Waals surface area contributed by atoms with Gasteiger partial charge in [-0.05, 0) is 0 Å². The number of benzene rings is 3. The Morgan fingerprint density at radius 1 is 0.600 bits per heavy atom. The van der Waals surface area contributed by atoms with Crippen molar-refractivity contribution in [3.05, 3.63) is 108 Å². The van der Waals surface area contributed by atoms with Crippen LogP contribution in [0, 0.1) is 0 Å². The van der Waals surface area contributed by atoms with Crippen molar-refractivity contribution >= 4 is 26.2 Å². The van der Waals surface area contributed by atoms with Gasteiger partial charge in [-0.25, -0.2) is 0 Å². The molecule has 0 saturated heterocycles. The molecular weight excluding hydrogens is 415 g/mol. The molecule has 3 aromatic carbocycles. The van der Waals surface area contributed by atoms with Gasteiger partial charge in [-0.2, -0.15) is 0 Å². The molecule has 0 unspecified atom stereocenters. The molecule has 2 nitrogen and oxygen atoms in total. The second kappa shape index (κ2) is 11.5. The Hall–Kier alpha value is -2.07. The molecule has 0 spiro atoms. The van der Waals surface area contributed by atoms with Gasteiger partial charge in [0.2, 0.25) is 0 Å². The van der Waals surface area contributed by atoms with E-state index in [2.05, 4.69) is 91.0 Å². The first-order valence-corrected chi connectivity index (χ1v) is 14.4. The zero-order valence-corrected chi connectivity index (χ0v) is 17.1. The minimum absolute atomic E-state index is 0.250. The minimum atomic E-state index is -1.56. The molecule has 25 heavy (non-hydrogen) atoms. The van der Waals surface area contributed by atoms with Gasteiger partial charge in [0.1, 0.15) is 0 Å². The van der Waals surface area contributed by atoms with E-state index in [4.69, 9.17) is 9.90 Å². The van der Waals surface area contributed by atoms with Gasteiger partial charge in [0.15, 0.2) is 0 Å². The molecule has 0 aliphatic rings. The molecule has 0 aliphatic carbocycles. The quantitative estimate of drug-likeness (QED) is 0.454. The van der Waals surface area contributed by atoms with Gasteiger partial charge in [0.25, 0.3) is 6.47 Å². The van der Waals surface area contributed by atoms with Crippen LogP contribution in [0.1, 0.15) is 16.7 Å². The van der Waals surface area contributed by atoms with Crippen LogP contribution in [-0.4, -0.2) is 31.3 Å². The Balaban J connectivity index is 0.000000701. The molecule has 0 amide bonds. The van der Waals surface area contributed by atoms with Gasteiger partial charge in [-0.3, -0.25) is 4.79 Å². The third kappa shape index (κ3) is 7.57. The molecule has 3 rings (SSSR count). The van der Waals surface area contributed by atoms with Gasteiger partial charge in [0.05, 0.1) is 0 Å². The second-order valence-electron chi connectivity index (χ2n) is 5.84. The van der Waals surface area contributed by atoms with Crippen molar-refractivity contribution in [1.82, 2.24) is 0 Å². The summed E-state index contributed by atoms with van der Waals surface area (Å²) in [5.74, 6) is 0. The van der Waals surface area contributed by atoms with Gasteiger partial charge in [-0.1, -0.05) is 0 Å². The summed E-state index contributed by atoms with van der Waals surface area (Å²) in [6.45, 7) is -0.250. The molecule has 0 saturated carbocycles. The zero-order valence-electron chi connectivity index (χ0n) is 14.2. The summed E-state index contributed by atoms with van der Waals surface area (Å²) in [5, 5.41) is 6.89. The van der Waals surface area contributed by atoms with E-state index in [1.807, 2.05) is 0 Å². The fourth-order valence-electron chi connectivity index (χ4n) is 2.84. The number of rotatable bonds is 6. The van der Waals surface area contributed by atoms with Crippen LogP contribution in [0.4, 0.5) is 0 Å². The van der Waals surface area contributed by atoms with Crippen LogP contribution >= 0.6 is 0 Å². The van der Waals surface area contributed by atoms with E-state index in [0.29, 0.717) is 0 Å². The second-order valence-corrected chi connectivity index (χ2v) is 13.2. The van der Waals surface area contributed by atoms with E-state index in [0.717, 1.165) is 0 Å². The molecule has 0 heterocycles. The maximum absolute atomic E-state index is 8.36. The van der Waals surface area contributed by atoms with Crippen LogP contribution < -0.4 is 0 Å². The molecule has 3 aromatic rings. The molecule has 0 atom stereocenters. The topological polar surface area (TPSA) is 37.3 Å². The van der Waals surface area contributed by atoms with Gasteiger partial charge < -0.3 is 5.11 Å². The summed E-state index contributed by atoms with van der Waals surface area (Å²) in [6, 6.07) is 33.1. The Bertz CT molecular complexity index is 616. The van der Waals surface area contributed by atoms with Gasteiger partial charge >= 0.3 is 141 Å². The van der Waals surface area contributed by atoms with Crippen LogP contribution in [0.2, 0.25) is 0 Å². The Morgan fingerprint density at radius 3 is 1.08 bits per heavy atom. The van der Waals surface area contributed by atoms with Crippen LogP contribution in [0.15, 0.2) is 91.0 Å².